The number of rotatable bonds is 5. The number of hydrogen-bond donors (Lipinski definition) is 1. The van der Waals surface area contributed by atoms with Crippen LogP contribution in [0.15, 0.2) is 30.9 Å². The van der Waals surface area contributed by atoms with E-state index in [0.717, 1.165) is 44.4 Å². The highest BCUT2D eigenvalue weighted by Crippen LogP contribution is 2.09. The van der Waals surface area contributed by atoms with Crippen molar-refractivity contribution < 1.29 is 0 Å². The number of nitrogens with zero attached hydrogens (tertiary/aromatic N) is 6. The first-order valence-corrected chi connectivity index (χ1v) is 7.71. The van der Waals surface area contributed by atoms with Gasteiger partial charge in [0.15, 0.2) is 5.82 Å². The van der Waals surface area contributed by atoms with Crippen LogP contribution in [0.1, 0.15) is 6.92 Å². The maximum Gasteiger partial charge on any atom is 0.173 e. The second-order valence-corrected chi connectivity index (χ2v) is 5.78. The fourth-order valence-corrected chi connectivity index (χ4v) is 2.60. The van der Waals surface area contributed by atoms with E-state index in [0.29, 0.717) is 6.04 Å². The van der Waals surface area contributed by atoms with Gasteiger partial charge in [-0.05, 0) is 20.0 Å². The van der Waals surface area contributed by atoms with Crippen LogP contribution in [0.5, 0.6) is 0 Å². The van der Waals surface area contributed by atoms with E-state index in [-0.39, 0.29) is 0 Å². The third kappa shape index (κ3) is 3.61. The Morgan fingerprint density at radius 3 is 2.77 bits per heavy atom. The fourth-order valence-electron chi connectivity index (χ4n) is 2.60. The Labute approximate surface area is 131 Å². The number of aromatic nitrogens is 4. The Balaban J connectivity index is 1.56. The molecule has 0 spiro atoms. The first kappa shape index (κ1) is 14.9. The Kier molecular flexibility index (Phi) is 4.65. The van der Waals surface area contributed by atoms with Gasteiger partial charge in [0.25, 0.3) is 0 Å². The number of nitrogens with one attached hydrogen (secondary N) is 1. The first-order valence-electron chi connectivity index (χ1n) is 7.71. The average Bonchev–Trinajstić information content (AvgIpc) is 3.08. The lowest BCUT2D eigenvalue weighted by Crippen LogP contribution is -2.49. The molecule has 1 unspecified atom stereocenters. The standard InChI is InChI=1S/C15H23N7/c1-13(21-8-6-20(2)7-9-21)10-17-14-11-16-12-15(19-14)22-5-3-4-18-22/h3-5,11-13H,6-10H2,1-2H3,(H,17,19). The molecule has 2 aromatic heterocycles. The van der Waals surface area contributed by atoms with E-state index in [9.17, 15) is 0 Å². The molecule has 118 valence electrons. The van der Waals surface area contributed by atoms with Crippen LogP contribution in [-0.4, -0.2) is 75.4 Å². The Hall–Kier alpha value is -1.99. The van der Waals surface area contributed by atoms with Crippen LogP contribution in [0.25, 0.3) is 5.82 Å². The van der Waals surface area contributed by atoms with Crippen molar-refractivity contribution in [2.24, 2.45) is 0 Å². The van der Waals surface area contributed by atoms with Crippen molar-refractivity contribution in [2.75, 3.05) is 45.1 Å². The van der Waals surface area contributed by atoms with Crippen molar-refractivity contribution in [3.63, 3.8) is 0 Å². The largest absolute Gasteiger partial charge is 0.367 e. The van der Waals surface area contributed by atoms with Crippen LogP contribution >= 0.6 is 0 Å². The zero-order valence-electron chi connectivity index (χ0n) is 13.2. The van der Waals surface area contributed by atoms with Gasteiger partial charge in [-0.25, -0.2) is 9.67 Å². The Morgan fingerprint density at radius 1 is 1.23 bits per heavy atom. The molecule has 0 radical (unpaired) electrons. The van der Waals surface area contributed by atoms with Gasteiger partial charge in [0, 0.05) is 51.2 Å². The molecule has 22 heavy (non-hydrogen) atoms. The SMILES string of the molecule is CC(CNc1cncc(-n2cccn2)n1)N1CCN(C)CC1. The van der Waals surface area contributed by atoms with E-state index in [1.165, 1.54) is 0 Å². The molecule has 1 N–H and O–H groups in total. The summed E-state index contributed by atoms with van der Waals surface area (Å²) in [4.78, 5) is 13.7. The quantitative estimate of drug-likeness (QED) is 0.877. The lowest BCUT2D eigenvalue weighted by molar-refractivity contribution is 0.123. The average molecular weight is 301 g/mol. The molecule has 0 aromatic carbocycles. The maximum absolute atomic E-state index is 4.54. The van der Waals surface area contributed by atoms with E-state index >= 15 is 0 Å². The third-order valence-corrected chi connectivity index (χ3v) is 4.10. The van der Waals surface area contributed by atoms with Crippen LogP contribution in [0, 0.1) is 0 Å². The molecule has 2 aromatic rings. The van der Waals surface area contributed by atoms with Crippen molar-refractivity contribution in [3.05, 3.63) is 30.9 Å². The minimum Gasteiger partial charge on any atom is -0.367 e. The minimum atomic E-state index is 0.476. The molecule has 1 atom stereocenters. The normalized spacial score (nSPS) is 18.3. The third-order valence-electron chi connectivity index (χ3n) is 4.10. The predicted octanol–water partition coefficient (Wildman–Crippen LogP) is 0.710. The van der Waals surface area contributed by atoms with Gasteiger partial charge in [-0.1, -0.05) is 0 Å². The van der Waals surface area contributed by atoms with Gasteiger partial charge in [-0.3, -0.25) is 9.88 Å². The summed E-state index contributed by atoms with van der Waals surface area (Å²) in [7, 11) is 2.18. The number of hydrogen-bond acceptors (Lipinski definition) is 6. The van der Waals surface area contributed by atoms with Crippen molar-refractivity contribution in [1.82, 2.24) is 29.5 Å². The molecule has 0 bridgehead atoms. The number of piperazine rings is 1. The lowest BCUT2D eigenvalue weighted by Gasteiger charge is -2.36. The highest BCUT2D eigenvalue weighted by molar-refractivity contribution is 5.35. The van der Waals surface area contributed by atoms with Crippen LogP contribution in [0.4, 0.5) is 5.82 Å². The van der Waals surface area contributed by atoms with Crippen molar-refractivity contribution >= 4 is 5.82 Å². The molecule has 1 saturated heterocycles. The van der Waals surface area contributed by atoms with Crippen molar-refractivity contribution in [1.29, 1.82) is 0 Å². The predicted molar refractivity (Wildman–Crippen MR) is 86.2 cm³/mol. The monoisotopic (exact) mass is 301 g/mol. The van der Waals surface area contributed by atoms with E-state index in [4.69, 9.17) is 0 Å². The summed E-state index contributed by atoms with van der Waals surface area (Å²) >= 11 is 0. The molecule has 3 heterocycles. The van der Waals surface area contributed by atoms with Crippen LogP contribution in [0.2, 0.25) is 0 Å². The molecular weight excluding hydrogens is 278 g/mol. The molecule has 0 aliphatic carbocycles. The molecule has 7 heteroatoms. The second-order valence-electron chi connectivity index (χ2n) is 5.78. The van der Waals surface area contributed by atoms with E-state index in [2.05, 4.69) is 44.2 Å². The Bertz CT molecular complexity index is 575. The smallest absolute Gasteiger partial charge is 0.173 e. The second kappa shape index (κ2) is 6.85. The summed E-state index contributed by atoms with van der Waals surface area (Å²) in [6, 6.07) is 2.35. The fraction of sp³-hybridized carbons (Fsp3) is 0.533. The van der Waals surface area contributed by atoms with E-state index in [1.54, 1.807) is 23.3 Å². The summed E-state index contributed by atoms with van der Waals surface area (Å²) in [5.74, 6) is 1.51. The van der Waals surface area contributed by atoms with Crippen LogP contribution in [-0.2, 0) is 0 Å². The molecule has 0 saturated carbocycles. The van der Waals surface area contributed by atoms with Gasteiger partial charge in [-0.2, -0.15) is 5.10 Å². The van der Waals surface area contributed by atoms with Gasteiger partial charge >= 0.3 is 0 Å². The highest BCUT2D eigenvalue weighted by Gasteiger charge is 2.18. The maximum atomic E-state index is 4.54. The topological polar surface area (TPSA) is 62.1 Å². The van der Waals surface area contributed by atoms with Gasteiger partial charge in [0.1, 0.15) is 5.82 Å². The first-order chi connectivity index (χ1) is 10.7. The zero-order chi connectivity index (χ0) is 15.4. The molecule has 0 amide bonds. The molecule has 1 fully saturated rings. The minimum absolute atomic E-state index is 0.476. The summed E-state index contributed by atoms with van der Waals surface area (Å²) in [6.07, 6.45) is 7.06. The number of anilines is 1. The van der Waals surface area contributed by atoms with Crippen LogP contribution < -0.4 is 5.32 Å². The summed E-state index contributed by atoms with van der Waals surface area (Å²) < 4.78 is 1.71. The zero-order valence-corrected chi connectivity index (χ0v) is 13.2. The Morgan fingerprint density at radius 2 is 2.05 bits per heavy atom. The van der Waals surface area contributed by atoms with E-state index in [1.807, 2.05) is 12.3 Å². The molecule has 3 rings (SSSR count). The summed E-state index contributed by atoms with van der Waals surface area (Å²) in [5, 5.41) is 7.56. The van der Waals surface area contributed by atoms with Gasteiger partial charge in [-0.15, -0.1) is 0 Å². The molecular formula is C15H23N7. The molecule has 1 aliphatic rings. The van der Waals surface area contributed by atoms with Crippen molar-refractivity contribution in [2.45, 2.75) is 13.0 Å². The summed E-state index contributed by atoms with van der Waals surface area (Å²) in [6.45, 7) is 7.64. The summed E-state index contributed by atoms with van der Waals surface area (Å²) in [5.41, 5.74) is 0. The highest BCUT2D eigenvalue weighted by atomic mass is 15.3. The van der Waals surface area contributed by atoms with E-state index < -0.39 is 0 Å². The van der Waals surface area contributed by atoms with Gasteiger partial charge in [0.2, 0.25) is 0 Å². The number of likely N-dealkylation sites (N-methyl/N-ethyl adjacent to an activating group) is 1. The van der Waals surface area contributed by atoms with Gasteiger partial charge < -0.3 is 10.2 Å². The van der Waals surface area contributed by atoms with Crippen LogP contribution in [0.3, 0.4) is 0 Å². The molecule has 7 nitrogen and oxygen atoms in total. The van der Waals surface area contributed by atoms with Crippen molar-refractivity contribution in [3.8, 4) is 5.82 Å². The molecule has 1 aliphatic heterocycles. The van der Waals surface area contributed by atoms with Gasteiger partial charge in [0.05, 0.1) is 12.4 Å². The lowest BCUT2D eigenvalue weighted by atomic mass is 10.2.